The molecule has 1 nitrogen and oxygen atoms in total. The van der Waals surface area contributed by atoms with Gasteiger partial charge in [-0.1, -0.05) is 19.8 Å². The highest BCUT2D eigenvalue weighted by molar-refractivity contribution is 4.86. The number of hydrogen-bond donors (Lipinski definition) is 0. The molecule has 0 N–H and O–H groups in total. The third-order valence-corrected chi connectivity index (χ3v) is 2.12. The van der Waals surface area contributed by atoms with Gasteiger partial charge >= 0.3 is 0 Å². The summed E-state index contributed by atoms with van der Waals surface area (Å²) in [5.41, 5.74) is 0. The summed E-state index contributed by atoms with van der Waals surface area (Å²) >= 11 is 0. The summed E-state index contributed by atoms with van der Waals surface area (Å²) in [7, 11) is 0. The second-order valence-corrected chi connectivity index (χ2v) is 3.10. The Balaban J connectivity index is 2.34. The lowest BCUT2D eigenvalue weighted by Gasteiger charge is -2.20. The minimum atomic E-state index is 0.369. The van der Waals surface area contributed by atoms with Crippen LogP contribution in [0.25, 0.3) is 0 Å². The number of rotatable bonds is 0. The molecule has 0 aromatic rings. The predicted octanol–water partition coefficient (Wildman–Crippen LogP) is 2.34. The maximum absolute atomic E-state index is 8.56. The van der Waals surface area contributed by atoms with E-state index in [2.05, 4.69) is 13.0 Å². The van der Waals surface area contributed by atoms with Crippen LogP contribution in [0.15, 0.2) is 0 Å². The molecule has 0 amide bonds. The molecule has 0 aromatic heterocycles. The van der Waals surface area contributed by atoms with Gasteiger partial charge < -0.3 is 0 Å². The minimum absolute atomic E-state index is 0.369. The molecule has 0 heterocycles. The average molecular weight is 123 g/mol. The van der Waals surface area contributed by atoms with Crippen molar-refractivity contribution in [3.8, 4) is 6.07 Å². The fraction of sp³-hybridized carbons (Fsp3) is 0.875. The van der Waals surface area contributed by atoms with Crippen molar-refractivity contribution in [3.63, 3.8) is 0 Å². The molecule has 1 rings (SSSR count). The summed E-state index contributed by atoms with van der Waals surface area (Å²) in [5.74, 6) is 1.16. The van der Waals surface area contributed by atoms with E-state index in [0.29, 0.717) is 5.92 Å². The summed E-state index contributed by atoms with van der Waals surface area (Å²) in [4.78, 5) is 0. The van der Waals surface area contributed by atoms with Crippen LogP contribution in [0.2, 0.25) is 0 Å². The summed E-state index contributed by atoms with van der Waals surface area (Å²) in [6, 6.07) is 2.33. The van der Waals surface area contributed by atoms with Gasteiger partial charge in [-0.15, -0.1) is 0 Å². The van der Waals surface area contributed by atoms with Crippen LogP contribution in [0, 0.1) is 23.2 Å². The van der Waals surface area contributed by atoms with Crippen LogP contribution in [0.3, 0.4) is 0 Å². The van der Waals surface area contributed by atoms with Crippen LogP contribution < -0.4 is 0 Å². The zero-order chi connectivity index (χ0) is 6.69. The molecule has 2 atom stereocenters. The molecule has 1 fully saturated rings. The first-order valence-corrected chi connectivity index (χ1v) is 3.72. The maximum Gasteiger partial charge on any atom is 0.0655 e. The lowest BCUT2D eigenvalue weighted by Crippen LogP contribution is -2.10. The molecule has 0 spiro atoms. The van der Waals surface area contributed by atoms with Gasteiger partial charge in [0.05, 0.1) is 6.07 Å². The van der Waals surface area contributed by atoms with Gasteiger partial charge in [-0.3, -0.25) is 0 Å². The molecular weight excluding hydrogens is 110 g/mol. The lowest BCUT2D eigenvalue weighted by molar-refractivity contribution is 0.331. The van der Waals surface area contributed by atoms with Crippen molar-refractivity contribution in [2.45, 2.75) is 32.6 Å². The van der Waals surface area contributed by atoms with E-state index in [0.717, 1.165) is 18.8 Å². The Morgan fingerprint density at radius 1 is 1.44 bits per heavy atom. The number of hydrogen-bond acceptors (Lipinski definition) is 1. The number of nitrogens with zero attached hydrogens (tertiary/aromatic N) is 1. The van der Waals surface area contributed by atoms with Gasteiger partial charge in [0.15, 0.2) is 0 Å². The highest BCUT2D eigenvalue weighted by Crippen LogP contribution is 2.27. The largest absolute Gasteiger partial charge is 0.198 e. The zero-order valence-electron chi connectivity index (χ0n) is 5.93. The molecule has 0 saturated heterocycles. The highest BCUT2D eigenvalue weighted by atomic mass is 14.3. The first-order chi connectivity index (χ1) is 4.33. The van der Waals surface area contributed by atoms with E-state index in [1.807, 2.05) is 0 Å². The smallest absolute Gasteiger partial charge is 0.0655 e. The molecule has 50 valence electrons. The van der Waals surface area contributed by atoms with Gasteiger partial charge in [-0.25, -0.2) is 0 Å². The van der Waals surface area contributed by atoms with Crippen molar-refractivity contribution >= 4 is 0 Å². The number of nitriles is 1. The molecule has 0 bridgehead atoms. The van der Waals surface area contributed by atoms with Gasteiger partial charge in [-0.2, -0.15) is 5.26 Å². The standard InChI is InChI=1S/C8H13N/c1-7-3-2-4-8(5-7)6-9/h7-8H,2-5H2,1H3/t7-,8?/m1/s1. The van der Waals surface area contributed by atoms with Gasteiger partial charge in [-0.05, 0) is 18.8 Å². The van der Waals surface area contributed by atoms with Crippen LogP contribution in [-0.4, -0.2) is 0 Å². The quantitative estimate of drug-likeness (QED) is 0.485. The molecular formula is C8H13N. The Morgan fingerprint density at radius 2 is 2.22 bits per heavy atom. The summed E-state index contributed by atoms with van der Waals surface area (Å²) in [5, 5.41) is 8.56. The fourth-order valence-electron chi connectivity index (χ4n) is 1.55. The molecule has 0 aliphatic heterocycles. The molecule has 0 aromatic carbocycles. The molecule has 1 unspecified atom stereocenters. The summed E-state index contributed by atoms with van der Waals surface area (Å²) in [6.45, 7) is 2.24. The second kappa shape index (κ2) is 2.87. The fourth-order valence-corrected chi connectivity index (χ4v) is 1.55. The van der Waals surface area contributed by atoms with Crippen molar-refractivity contribution in [2.24, 2.45) is 11.8 Å². The first kappa shape index (κ1) is 6.61. The van der Waals surface area contributed by atoms with Crippen LogP contribution in [0.4, 0.5) is 0 Å². The zero-order valence-corrected chi connectivity index (χ0v) is 5.93. The van der Waals surface area contributed by atoms with E-state index in [9.17, 15) is 0 Å². The highest BCUT2D eigenvalue weighted by Gasteiger charge is 2.17. The first-order valence-electron chi connectivity index (χ1n) is 3.72. The van der Waals surface area contributed by atoms with E-state index < -0.39 is 0 Å². The molecule has 1 aliphatic carbocycles. The van der Waals surface area contributed by atoms with E-state index in [1.54, 1.807) is 0 Å². The topological polar surface area (TPSA) is 23.8 Å². The third-order valence-electron chi connectivity index (χ3n) is 2.12. The Labute approximate surface area is 56.7 Å². The van der Waals surface area contributed by atoms with Gasteiger partial charge in [0.25, 0.3) is 0 Å². The molecule has 1 heteroatoms. The maximum atomic E-state index is 8.56. The van der Waals surface area contributed by atoms with Crippen LogP contribution >= 0.6 is 0 Å². The van der Waals surface area contributed by atoms with E-state index in [-0.39, 0.29) is 0 Å². The lowest BCUT2D eigenvalue weighted by atomic mass is 9.83. The monoisotopic (exact) mass is 123 g/mol. The second-order valence-electron chi connectivity index (χ2n) is 3.10. The Morgan fingerprint density at radius 3 is 2.67 bits per heavy atom. The van der Waals surface area contributed by atoms with E-state index in [4.69, 9.17) is 5.26 Å². The Kier molecular flexibility index (Phi) is 2.10. The van der Waals surface area contributed by atoms with Crippen molar-refractivity contribution < 1.29 is 0 Å². The summed E-state index contributed by atoms with van der Waals surface area (Å²) in [6.07, 6.45) is 4.87. The van der Waals surface area contributed by atoms with E-state index >= 15 is 0 Å². The molecule has 9 heavy (non-hydrogen) atoms. The van der Waals surface area contributed by atoms with Gasteiger partial charge in [0.2, 0.25) is 0 Å². The molecule has 0 radical (unpaired) electrons. The van der Waals surface area contributed by atoms with Crippen LogP contribution in [0.5, 0.6) is 0 Å². The molecule has 1 saturated carbocycles. The molecule has 1 aliphatic rings. The summed E-state index contributed by atoms with van der Waals surface area (Å²) < 4.78 is 0. The van der Waals surface area contributed by atoms with Crippen molar-refractivity contribution in [2.75, 3.05) is 0 Å². The predicted molar refractivity (Wildman–Crippen MR) is 36.7 cm³/mol. The average Bonchev–Trinajstić information content (AvgIpc) is 1.88. The van der Waals surface area contributed by atoms with Crippen LogP contribution in [-0.2, 0) is 0 Å². The van der Waals surface area contributed by atoms with Gasteiger partial charge in [0, 0.05) is 5.92 Å². The normalized spacial score (nSPS) is 35.6. The van der Waals surface area contributed by atoms with Crippen molar-refractivity contribution in [1.29, 1.82) is 5.26 Å². The van der Waals surface area contributed by atoms with Crippen molar-refractivity contribution in [3.05, 3.63) is 0 Å². The Hall–Kier alpha value is -0.510. The Bertz CT molecular complexity index is 123. The van der Waals surface area contributed by atoms with Crippen LogP contribution in [0.1, 0.15) is 32.6 Å². The third kappa shape index (κ3) is 1.71. The SMILES string of the molecule is C[C@@H]1CCCC(C#N)C1. The van der Waals surface area contributed by atoms with Crippen molar-refractivity contribution in [1.82, 2.24) is 0 Å². The van der Waals surface area contributed by atoms with Gasteiger partial charge in [0.1, 0.15) is 0 Å². The van der Waals surface area contributed by atoms with E-state index in [1.165, 1.54) is 12.8 Å². The minimum Gasteiger partial charge on any atom is -0.198 e.